The van der Waals surface area contributed by atoms with Crippen LogP contribution in [0.15, 0.2) is 42.9 Å². The van der Waals surface area contributed by atoms with Crippen molar-refractivity contribution in [1.82, 2.24) is 24.5 Å². The van der Waals surface area contributed by atoms with E-state index in [1.807, 2.05) is 17.8 Å². The third-order valence-corrected chi connectivity index (χ3v) is 4.95. The van der Waals surface area contributed by atoms with Gasteiger partial charge in [0, 0.05) is 12.7 Å². The maximum Gasteiger partial charge on any atom is 0.259 e. The van der Waals surface area contributed by atoms with Crippen LogP contribution in [-0.4, -0.2) is 50.0 Å². The lowest BCUT2D eigenvalue weighted by molar-refractivity contribution is 0.102. The molecule has 2 heterocycles. The fraction of sp³-hybridized carbons (Fsp3) is 0.381. The smallest absolute Gasteiger partial charge is 0.259 e. The molecule has 1 aromatic carbocycles. The van der Waals surface area contributed by atoms with E-state index >= 15 is 0 Å². The van der Waals surface area contributed by atoms with E-state index in [4.69, 9.17) is 0 Å². The van der Waals surface area contributed by atoms with Gasteiger partial charge in [-0.25, -0.2) is 9.07 Å². The van der Waals surface area contributed by atoms with Gasteiger partial charge >= 0.3 is 0 Å². The molecule has 2 aromatic heterocycles. The lowest BCUT2D eigenvalue weighted by Crippen LogP contribution is -2.27. The van der Waals surface area contributed by atoms with Crippen molar-refractivity contribution in [1.29, 1.82) is 0 Å². The summed E-state index contributed by atoms with van der Waals surface area (Å²) < 4.78 is 16.7. The Morgan fingerprint density at radius 1 is 1.10 bits per heavy atom. The fourth-order valence-electron chi connectivity index (χ4n) is 3.24. The molecule has 0 fully saturated rings. The van der Waals surface area contributed by atoms with E-state index < -0.39 is 0 Å². The maximum atomic E-state index is 13.2. The van der Waals surface area contributed by atoms with Crippen LogP contribution >= 0.6 is 0 Å². The molecule has 3 aromatic rings. The Balaban J connectivity index is 1.71. The van der Waals surface area contributed by atoms with Crippen molar-refractivity contribution in [3.05, 3.63) is 59.9 Å². The highest BCUT2D eigenvalue weighted by atomic mass is 19.1. The van der Waals surface area contributed by atoms with E-state index in [0.29, 0.717) is 23.4 Å². The van der Waals surface area contributed by atoms with E-state index in [1.54, 1.807) is 29.2 Å². The van der Waals surface area contributed by atoms with Crippen molar-refractivity contribution < 1.29 is 9.18 Å². The van der Waals surface area contributed by atoms with Crippen LogP contribution in [0.25, 0.3) is 5.69 Å². The number of carbonyl (C=O) groups excluding carboxylic acids is 1. The van der Waals surface area contributed by atoms with E-state index in [-0.39, 0.29) is 11.7 Å². The molecular formula is C21H27FN6O. The molecule has 0 saturated heterocycles. The minimum absolute atomic E-state index is 0.237. The number of amides is 1. The summed E-state index contributed by atoms with van der Waals surface area (Å²) >= 11 is 0. The predicted molar refractivity (Wildman–Crippen MR) is 111 cm³/mol. The first-order chi connectivity index (χ1) is 14.0. The average Bonchev–Trinajstić information content (AvgIpc) is 3.36. The van der Waals surface area contributed by atoms with Crippen molar-refractivity contribution in [2.45, 2.75) is 33.7 Å². The van der Waals surface area contributed by atoms with Gasteiger partial charge in [0.25, 0.3) is 5.91 Å². The number of aromatic nitrogens is 4. The van der Waals surface area contributed by atoms with Crippen molar-refractivity contribution in [3.8, 4) is 5.69 Å². The lowest BCUT2D eigenvalue weighted by atomic mass is 10.2. The van der Waals surface area contributed by atoms with Gasteiger partial charge in [-0.3, -0.25) is 9.48 Å². The van der Waals surface area contributed by atoms with Gasteiger partial charge in [0.2, 0.25) is 0 Å². The number of halogens is 1. The zero-order valence-corrected chi connectivity index (χ0v) is 17.1. The number of likely N-dealkylation sites (N-methyl/N-ethyl adjacent to an activating group) is 1. The van der Waals surface area contributed by atoms with Gasteiger partial charge in [-0.1, -0.05) is 20.8 Å². The number of hydrogen-bond donors (Lipinski definition) is 1. The summed E-state index contributed by atoms with van der Waals surface area (Å²) in [6.07, 6.45) is 5.64. The largest absolute Gasteiger partial charge is 0.319 e. The zero-order chi connectivity index (χ0) is 20.8. The standard InChI is InChI=1S/C21H27FN6O/c1-4-20-19(14-24-28(20)18-9-7-16(22)8-10-18)21(29)25-17-13-23-27(15-17)12-11-26(5-2)6-3/h7-10,13-15H,4-6,11-12H2,1-3H3,(H,25,29). The second kappa shape index (κ2) is 9.47. The highest BCUT2D eigenvalue weighted by molar-refractivity contribution is 6.04. The molecule has 0 saturated carbocycles. The van der Waals surface area contributed by atoms with Crippen LogP contribution in [0, 0.1) is 5.82 Å². The molecule has 154 valence electrons. The Morgan fingerprint density at radius 2 is 1.83 bits per heavy atom. The van der Waals surface area contributed by atoms with E-state index in [0.717, 1.165) is 31.9 Å². The van der Waals surface area contributed by atoms with Crippen molar-refractivity contribution in [2.24, 2.45) is 0 Å². The molecule has 0 atom stereocenters. The van der Waals surface area contributed by atoms with Crippen LogP contribution in [0.3, 0.4) is 0 Å². The van der Waals surface area contributed by atoms with Gasteiger partial charge in [-0.05, 0) is 43.8 Å². The van der Waals surface area contributed by atoms with Crippen LogP contribution in [0.4, 0.5) is 10.1 Å². The number of hydrogen-bond acceptors (Lipinski definition) is 4. The molecular weight excluding hydrogens is 371 g/mol. The number of nitrogens with one attached hydrogen (secondary N) is 1. The molecule has 0 aliphatic heterocycles. The molecule has 1 amide bonds. The molecule has 0 aliphatic carbocycles. The normalized spacial score (nSPS) is 11.2. The Hall–Kier alpha value is -3.00. The highest BCUT2D eigenvalue weighted by Gasteiger charge is 2.18. The van der Waals surface area contributed by atoms with Gasteiger partial charge in [-0.15, -0.1) is 0 Å². The molecule has 1 N–H and O–H groups in total. The molecule has 0 bridgehead atoms. The molecule has 7 nitrogen and oxygen atoms in total. The molecule has 0 aliphatic rings. The Bertz CT molecular complexity index is 942. The first-order valence-corrected chi connectivity index (χ1v) is 9.94. The number of benzene rings is 1. The molecule has 0 spiro atoms. The van der Waals surface area contributed by atoms with Crippen LogP contribution in [0.1, 0.15) is 36.8 Å². The first kappa shape index (κ1) is 20.7. The van der Waals surface area contributed by atoms with Gasteiger partial charge < -0.3 is 10.2 Å². The second-order valence-corrected chi connectivity index (χ2v) is 6.72. The predicted octanol–water partition coefficient (Wildman–Crippen LogP) is 3.36. The van der Waals surface area contributed by atoms with E-state index in [2.05, 4.69) is 34.3 Å². The topological polar surface area (TPSA) is 68.0 Å². The summed E-state index contributed by atoms with van der Waals surface area (Å²) in [7, 11) is 0. The van der Waals surface area contributed by atoms with Crippen molar-refractivity contribution in [3.63, 3.8) is 0 Å². The number of nitrogens with zero attached hydrogens (tertiary/aromatic N) is 5. The summed E-state index contributed by atoms with van der Waals surface area (Å²) in [6.45, 7) is 9.90. The van der Waals surface area contributed by atoms with E-state index in [1.165, 1.54) is 12.1 Å². The molecule has 0 unspecified atom stereocenters. The Kier molecular flexibility index (Phi) is 6.77. The van der Waals surface area contributed by atoms with Crippen molar-refractivity contribution >= 4 is 11.6 Å². The van der Waals surface area contributed by atoms with E-state index in [9.17, 15) is 9.18 Å². The minimum atomic E-state index is -0.310. The molecule has 0 radical (unpaired) electrons. The summed E-state index contributed by atoms with van der Waals surface area (Å²) in [4.78, 5) is 15.1. The first-order valence-electron chi connectivity index (χ1n) is 9.94. The van der Waals surface area contributed by atoms with Gasteiger partial charge in [0.1, 0.15) is 5.82 Å². The fourth-order valence-corrected chi connectivity index (χ4v) is 3.24. The SMILES string of the molecule is CCc1c(C(=O)Nc2cnn(CCN(CC)CC)c2)cnn1-c1ccc(F)cc1. The van der Waals surface area contributed by atoms with Crippen LogP contribution in [0.5, 0.6) is 0 Å². The minimum Gasteiger partial charge on any atom is -0.319 e. The highest BCUT2D eigenvalue weighted by Crippen LogP contribution is 2.18. The Labute approximate surface area is 170 Å². The number of carbonyl (C=O) groups is 1. The van der Waals surface area contributed by atoms with Crippen LogP contribution < -0.4 is 5.32 Å². The second-order valence-electron chi connectivity index (χ2n) is 6.72. The number of anilines is 1. The average molecular weight is 398 g/mol. The van der Waals surface area contributed by atoms with Gasteiger partial charge in [0.05, 0.1) is 41.6 Å². The van der Waals surface area contributed by atoms with Gasteiger partial charge in [-0.2, -0.15) is 10.2 Å². The monoisotopic (exact) mass is 398 g/mol. The summed E-state index contributed by atoms with van der Waals surface area (Å²) in [5, 5.41) is 11.5. The zero-order valence-electron chi connectivity index (χ0n) is 17.1. The summed E-state index contributed by atoms with van der Waals surface area (Å²) in [5.41, 5.74) is 2.62. The van der Waals surface area contributed by atoms with Crippen LogP contribution in [-0.2, 0) is 13.0 Å². The molecule has 8 heteroatoms. The summed E-state index contributed by atoms with van der Waals surface area (Å²) in [5.74, 6) is -0.548. The Morgan fingerprint density at radius 3 is 2.48 bits per heavy atom. The van der Waals surface area contributed by atoms with Crippen LogP contribution in [0.2, 0.25) is 0 Å². The van der Waals surface area contributed by atoms with Gasteiger partial charge in [0.15, 0.2) is 0 Å². The molecule has 29 heavy (non-hydrogen) atoms. The van der Waals surface area contributed by atoms with Crippen molar-refractivity contribution in [2.75, 3.05) is 25.0 Å². The molecule has 3 rings (SSSR count). The quantitative estimate of drug-likeness (QED) is 0.600. The third-order valence-electron chi connectivity index (χ3n) is 4.95. The third kappa shape index (κ3) is 4.89. The summed E-state index contributed by atoms with van der Waals surface area (Å²) in [6, 6.07) is 6.04. The lowest BCUT2D eigenvalue weighted by Gasteiger charge is -2.17. The number of rotatable bonds is 9. The maximum absolute atomic E-state index is 13.2.